The number of hydrogen-bond acceptors (Lipinski definition) is 5. The number of carbonyl (C=O) groups excluding carboxylic acids is 2. The number of imide groups is 1. The molecule has 2 aromatic carbocycles. The molecule has 4 rings (SSSR count). The minimum atomic E-state index is -0.871. The number of amides is 2. The van der Waals surface area contributed by atoms with Crippen molar-refractivity contribution in [3.05, 3.63) is 66.0 Å². The van der Waals surface area contributed by atoms with E-state index in [4.69, 9.17) is 0 Å². The Kier molecular flexibility index (Phi) is 3.34. The molecular weight excluding hydrogens is 311 g/mol. The molecule has 2 aliphatic rings. The molecule has 2 amide bonds. The van der Waals surface area contributed by atoms with Crippen LogP contribution in [0.4, 0.5) is 10.1 Å². The van der Waals surface area contributed by atoms with Gasteiger partial charge in [-0.15, -0.1) is 0 Å². The molecule has 0 spiro atoms. The van der Waals surface area contributed by atoms with Crippen LogP contribution < -0.4 is 4.90 Å². The first-order valence-corrected chi connectivity index (χ1v) is 7.50. The molecule has 6 nitrogen and oxygen atoms in total. The van der Waals surface area contributed by atoms with Crippen molar-refractivity contribution in [3.63, 3.8) is 0 Å². The van der Waals surface area contributed by atoms with Gasteiger partial charge in [-0.25, -0.2) is 9.29 Å². The summed E-state index contributed by atoms with van der Waals surface area (Å²) in [5.41, 5.74) is 0.901. The van der Waals surface area contributed by atoms with E-state index in [-0.39, 0.29) is 12.4 Å². The fraction of sp³-hybridized carbons (Fsp3) is 0.176. The Bertz CT molecular complexity index is 839. The van der Waals surface area contributed by atoms with Crippen molar-refractivity contribution >= 4 is 17.5 Å². The first kappa shape index (κ1) is 14.5. The maximum atomic E-state index is 13.8. The van der Waals surface area contributed by atoms with Crippen LogP contribution in [0.25, 0.3) is 0 Å². The molecule has 7 heteroatoms. The van der Waals surface area contributed by atoms with Gasteiger partial charge in [-0.1, -0.05) is 41.6 Å². The summed E-state index contributed by atoms with van der Waals surface area (Å²) < 4.78 is 13.8. The van der Waals surface area contributed by atoms with Crippen molar-refractivity contribution in [2.75, 3.05) is 4.90 Å². The molecule has 0 unspecified atom stereocenters. The molecule has 1 saturated heterocycles. The Labute approximate surface area is 137 Å². The van der Waals surface area contributed by atoms with Gasteiger partial charge in [0, 0.05) is 5.56 Å². The lowest BCUT2D eigenvalue weighted by Crippen LogP contribution is -2.39. The van der Waals surface area contributed by atoms with Crippen LogP contribution in [-0.2, 0) is 16.1 Å². The molecule has 0 bridgehead atoms. The summed E-state index contributed by atoms with van der Waals surface area (Å²) in [6.45, 7) is 0.0823. The van der Waals surface area contributed by atoms with Gasteiger partial charge in [0.05, 0.1) is 12.2 Å². The molecule has 2 heterocycles. The fourth-order valence-electron chi connectivity index (χ4n) is 2.99. The molecule has 0 saturated carbocycles. The van der Waals surface area contributed by atoms with Crippen LogP contribution >= 0.6 is 0 Å². The van der Waals surface area contributed by atoms with Gasteiger partial charge in [-0.3, -0.25) is 14.6 Å². The lowest BCUT2D eigenvalue weighted by atomic mass is 10.1. The number of anilines is 1. The largest absolute Gasteiger partial charge is 0.271 e. The van der Waals surface area contributed by atoms with Crippen LogP contribution in [0.15, 0.2) is 64.9 Å². The number of hydrogen-bond donors (Lipinski definition) is 0. The second kappa shape index (κ2) is 5.52. The minimum Gasteiger partial charge on any atom is -0.271 e. The Balaban J connectivity index is 1.62. The van der Waals surface area contributed by atoms with Crippen molar-refractivity contribution in [1.82, 2.24) is 5.01 Å². The van der Waals surface area contributed by atoms with Crippen LogP contribution in [0, 0.1) is 5.82 Å². The molecule has 2 atom stereocenters. The average molecular weight is 324 g/mol. The van der Waals surface area contributed by atoms with E-state index < -0.39 is 23.9 Å². The summed E-state index contributed by atoms with van der Waals surface area (Å²) in [6.07, 6.45) is 0. The third kappa shape index (κ3) is 2.17. The van der Waals surface area contributed by atoms with E-state index in [2.05, 4.69) is 10.3 Å². The van der Waals surface area contributed by atoms with Gasteiger partial charge < -0.3 is 0 Å². The summed E-state index contributed by atoms with van der Waals surface area (Å²) in [5, 5.41) is 9.22. The first-order valence-electron chi connectivity index (χ1n) is 7.50. The number of fused-ring (bicyclic) bond motifs is 1. The smallest absolute Gasteiger partial charge is 0.263 e. The highest BCUT2D eigenvalue weighted by Gasteiger charge is 2.54. The van der Waals surface area contributed by atoms with Crippen molar-refractivity contribution < 1.29 is 14.0 Å². The third-order valence-corrected chi connectivity index (χ3v) is 4.16. The average Bonchev–Trinajstić information content (AvgIpc) is 3.11. The minimum absolute atomic E-state index is 0.0823. The highest BCUT2D eigenvalue weighted by Crippen LogP contribution is 2.32. The van der Waals surface area contributed by atoms with Crippen LogP contribution in [0.5, 0.6) is 0 Å². The molecular formula is C17H13FN4O2. The number of carbonyl (C=O) groups is 2. The van der Waals surface area contributed by atoms with Crippen molar-refractivity contribution in [3.8, 4) is 0 Å². The number of rotatable bonds is 3. The summed E-state index contributed by atoms with van der Waals surface area (Å²) in [7, 11) is 0. The highest BCUT2D eigenvalue weighted by atomic mass is 19.1. The first-order chi connectivity index (χ1) is 11.7. The van der Waals surface area contributed by atoms with E-state index in [0.29, 0.717) is 11.3 Å². The maximum Gasteiger partial charge on any atom is 0.263 e. The molecule has 0 N–H and O–H groups in total. The van der Waals surface area contributed by atoms with E-state index in [0.717, 1.165) is 4.90 Å². The van der Waals surface area contributed by atoms with Gasteiger partial charge in [0.1, 0.15) is 5.82 Å². The quantitative estimate of drug-likeness (QED) is 0.814. The Morgan fingerprint density at radius 1 is 0.958 bits per heavy atom. The molecule has 2 aromatic rings. The van der Waals surface area contributed by atoms with Crippen LogP contribution in [-0.4, -0.2) is 28.9 Å². The zero-order valence-corrected chi connectivity index (χ0v) is 12.5. The van der Waals surface area contributed by atoms with Crippen molar-refractivity contribution in [2.45, 2.75) is 18.6 Å². The summed E-state index contributed by atoms with van der Waals surface area (Å²) in [4.78, 5) is 26.4. The second-order valence-electron chi connectivity index (χ2n) is 5.63. The van der Waals surface area contributed by atoms with Gasteiger partial charge in [0.25, 0.3) is 11.8 Å². The van der Waals surface area contributed by atoms with Crippen molar-refractivity contribution in [2.24, 2.45) is 10.3 Å². The predicted molar refractivity (Wildman–Crippen MR) is 83.3 cm³/mol. The van der Waals surface area contributed by atoms with E-state index in [9.17, 15) is 14.0 Å². The lowest BCUT2D eigenvalue weighted by Gasteiger charge is -2.20. The number of benzene rings is 2. The van der Waals surface area contributed by atoms with E-state index in [1.807, 2.05) is 0 Å². The van der Waals surface area contributed by atoms with Crippen LogP contribution in [0.1, 0.15) is 5.56 Å². The summed E-state index contributed by atoms with van der Waals surface area (Å²) >= 11 is 0. The van der Waals surface area contributed by atoms with Gasteiger partial charge in [0.2, 0.25) is 0 Å². The SMILES string of the molecule is O=C1[C@H]2N=NN(Cc3ccccc3F)[C@@H]2C(=O)N1c1ccccc1. The van der Waals surface area contributed by atoms with E-state index in [1.54, 1.807) is 48.5 Å². The molecule has 1 fully saturated rings. The lowest BCUT2D eigenvalue weighted by molar-refractivity contribution is -0.123. The van der Waals surface area contributed by atoms with Crippen molar-refractivity contribution in [1.29, 1.82) is 0 Å². The van der Waals surface area contributed by atoms with E-state index >= 15 is 0 Å². The summed E-state index contributed by atoms with van der Waals surface area (Å²) in [5.74, 6) is -1.18. The molecule has 2 aliphatic heterocycles. The Hall–Kier alpha value is -3.09. The predicted octanol–water partition coefficient (Wildman–Crippen LogP) is 2.32. The van der Waals surface area contributed by atoms with Crippen LogP contribution in [0.3, 0.4) is 0 Å². The third-order valence-electron chi connectivity index (χ3n) is 4.16. The normalized spacial score (nSPS) is 22.4. The molecule has 24 heavy (non-hydrogen) atoms. The van der Waals surface area contributed by atoms with Gasteiger partial charge >= 0.3 is 0 Å². The van der Waals surface area contributed by atoms with Gasteiger partial charge in [0.15, 0.2) is 12.1 Å². The van der Waals surface area contributed by atoms with Gasteiger partial charge in [-0.2, -0.15) is 5.11 Å². The molecule has 0 aromatic heterocycles. The Morgan fingerprint density at radius 3 is 2.42 bits per heavy atom. The number of nitrogens with zero attached hydrogens (tertiary/aromatic N) is 4. The topological polar surface area (TPSA) is 65.3 Å². The van der Waals surface area contributed by atoms with Gasteiger partial charge in [-0.05, 0) is 18.2 Å². The zero-order valence-electron chi connectivity index (χ0n) is 12.5. The highest BCUT2D eigenvalue weighted by molar-refractivity contribution is 6.25. The standard InChI is InChI=1S/C17H13FN4O2/c18-13-9-5-4-6-11(13)10-21-15-14(19-20-21)16(23)22(17(15)24)12-7-2-1-3-8-12/h1-9,14-15H,10H2/t14-,15-/m0/s1. The monoisotopic (exact) mass is 324 g/mol. The van der Waals surface area contributed by atoms with Crippen LogP contribution in [0.2, 0.25) is 0 Å². The van der Waals surface area contributed by atoms with E-state index in [1.165, 1.54) is 11.1 Å². The number of para-hydroxylation sites is 1. The fourth-order valence-corrected chi connectivity index (χ4v) is 2.99. The molecule has 120 valence electrons. The number of halogens is 1. The Morgan fingerprint density at radius 2 is 1.67 bits per heavy atom. The molecule has 0 aliphatic carbocycles. The second-order valence-corrected chi connectivity index (χ2v) is 5.63. The zero-order chi connectivity index (χ0) is 16.7. The summed E-state index contributed by atoms with van der Waals surface area (Å²) in [6, 6.07) is 13.3. The molecule has 0 radical (unpaired) electrons. The maximum absolute atomic E-state index is 13.8.